The SMILES string of the molecule is CNCC(=O)c1nccn2c(Cl)cnc12. The second-order valence-corrected chi connectivity index (χ2v) is 3.39. The molecule has 0 unspecified atom stereocenters. The van der Waals surface area contributed by atoms with Crippen molar-refractivity contribution in [3.05, 3.63) is 29.4 Å². The van der Waals surface area contributed by atoms with Gasteiger partial charge in [0.1, 0.15) is 5.15 Å². The highest BCUT2D eigenvalue weighted by atomic mass is 35.5. The van der Waals surface area contributed by atoms with Crippen LogP contribution < -0.4 is 5.32 Å². The van der Waals surface area contributed by atoms with Gasteiger partial charge in [0.2, 0.25) is 0 Å². The molecule has 0 bridgehead atoms. The Kier molecular flexibility index (Phi) is 2.66. The van der Waals surface area contributed by atoms with Gasteiger partial charge in [-0.15, -0.1) is 0 Å². The lowest BCUT2D eigenvalue weighted by Gasteiger charge is -2.01. The lowest BCUT2D eigenvalue weighted by molar-refractivity contribution is 0.0990. The maximum atomic E-state index is 11.6. The molecule has 78 valence electrons. The number of nitrogens with zero attached hydrogens (tertiary/aromatic N) is 3. The maximum absolute atomic E-state index is 11.6. The minimum Gasteiger partial charge on any atom is -0.313 e. The average molecular weight is 225 g/mol. The first-order chi connectivity index (χ1) is 7.24. The summed E-state index contributed by atoms with van der Waals surface area (Å²) in [4.78, 5) is 19.7. The predicted molar refractivity (Wildman–Crippen MR) is 56.3 cm³/mol. The highest BCUT2D eigenvalue weighted by molar-refractivity contribution is 6.29. The molecule has 0 spiro atoms. The molecule has 0 radical (unpaired) electrons. The number of hydrogen-bond acceptors (Lipinski definition) is 4. The van der Waals surface area contributed by atoms with Crippen LogP contribution in [0.3, 0.4) is 0 Å². The molecule has 6 heteroatoms. The number of fused-ring (bicyclic) bond motifs is 1. The predicted octanol–water partition coefficient (Wildman–Crippen LogP) is 0.785. The monoisotopic (exact) mass is 224 g/mol. The Hall–Kier alpha value is -1.46. The van der Waals surface area contributed by atoms with E-state index in [9.17, 15) is 4.79 Å². The van der Waals surface area contributed by atoms with Crippen molar-refractivity contribution in [3.8, 4) is 0 Å². The van der Waals surface area contributed by atoms with Gasteiger partial charge >= 0.3 is 0 Å². The smallest absolute Gasteiger partial charge is 0.198 e. The lowest BCUT2D eigenvalue weighted by Crippen LogP contribution is -2.20. The second kappa shape index (κ2) is 3.96. The summed E-state index contributed by atoms with van der Waals surface area (Å²) in [6, 6.07) is 0. The van der Waals surface area contributed by atoms with Crippen molar-refractivity contribution in [2.24, 2.45) is 0 Å². The maximum Gasteiger partial charge on any atom is 0.198 e. The van der Waals surface area contributed by atoms with E-state index in [1.54, 1.807) is 17.6 Å². The van der Waals surface area contributed by atoms with Crippen LogP contribution in [0.4, 0.5) is 0 Å². The first-order valence-corrected chi connectivity index (χ1v) is 4.77. The summed E-state index contributed by atoms with van der Waals surface area (Å²) in [5.74, 6) is -0.106. The van der Waals surface area contributed by atoms with Crippen LogP contribution in [0.15, 0.2) is 18.6 Å². The van der Waals surface area contributed by atoms with Crippen LogP contribution in [0.5, 0.6) is 0 Å². The van der Waals surface area contributed by atoms with E-state index in [4.69, 9.17) is 11.6 Å². The summed E-state index contributed by atoms with van der Waals surface area (Å²) in [5, 5.41) is 3.24. The standard InChI is InChI=1S/C9H9ClN4O/c1-11-4-6(15)8-9-13-5-7(10)14(9)3-2-12-8/h2-3,5,11H,4H2,1H3. The molecule has 2 heterocycles. The number of imidazole rings is 1. The number of carbonyl (C=O) groups excluding carboxylic acids is 1. The summed E-state index contributed by atoms with van der Waals surface area (Å²) in [6.07, 6.45) is 4.69. The molecular weight excluding hydrogens is 216 g/mol. The van der Waals surface area contributed by atoms with Gasteiger partial charge in [-0.2, -0.15) is 0 Å². The molecule has 0 saturated carbocycles. The molecule has 0 aliphatic heterocycles. The van der Waals surface area contributed by atoms with E-state index >= 15 is 0 Å². The first kappa shape index (κ1) is 10.1. The zero-order chi connectivity index (χ0) is 10.8. The Balaban J connectivity index is 2.56. The number of Topliss-reactive ketones (excluding diaryl/α,β-unsaturated/α-hetero) is 1. The first-order valence-electron chi connectivity index (χ1n) is 4.39. The van der Waals surface area contributed by atoms with Gasteiger partial charge in [-0.3, -0.25) is 9.20 Å². The van der Waals surface area contributed by atoms with Crippen molar-refractivity contribution in [1.29, 1.82) is 0 Å². The topological polar surface area (TPSA) is 59.3 Å². The van der Waals surface area contributed by atoms with E-state index in [0.29, 0.717) is 16.5 Å². The summed E-state index contributed by atoms with van der Waals surface area (Å²) < 4.78 is 1.62. The molecule has 2 aromatic rings. The van der Waals surface area contributed by atoms with Gasteiger partial charge in [0, 0.05) is 12.4 Å². The Labute approximate surface area is 91.1 Å². The third-order valence-electron chi connectivity index (χ3n) is 1.98. The van der Waals surface area contributed by atoms with Gasteiger partial charge in [-0.1, -0.05) is 11.6 Å². The number of rotatable bonds is 3. The Morgan fingerprint density at radius 2 is 2.40 bits per heavy atom. The molecule has 0 aromatic carbocycles. The third kappa shape index (κ3) is 1.71. The molecule has 0 aliphatic rings. The zero-order valence-electron chi connectivity index (χ0n) is 8.07. The zero-order valence-corrected chi connectivity index (χ0v) is 8.82. The third-order valence-corrected chi connectivity index (χ3v) is 2.26. The molecule has 0 atom stereocenters. The highest BCUT2D eigenvalue weighted by Crippen LogP contribution is 2.13. The van der Waals surface area contributed by atoms with Crippen molar-refractivity contribution < 1.29 is 4.79 Å². The fourth-order valence-corrected chi connectivity index (χ4v) is 1.52. The number of aromatic nitrogens is 3. The van der Waals surface area contributed by atoms with Crippen molar-refractivity contribution in [2.45, 2.75) is 0 Å². The number of hydrogen-bond donors (Lipinski definition) is 1. The minimum atomic E-state index is -0.106. The molecule has 2 rings (SSSR count). The Bertz CT molecular complexity index is 508. The van der Waals surface area contributed by atoms with E-state index in [2.05, 4.69) is 15.3 Å². The van der Waals surface area contributed by atoms with Gasteiger partial charge in [-0.05, 0) is 7.05 Å². The summed E-state index contributed by atoms with van der Waals surface area (Å²) in [7, 11) is 1.70. The Morgan fingerprint density at radius 1 is 1.60 bits per heavy atom. The van der Waals surface area contributed by atoms with Gasteiger partial charge in [0.25, 0.3) is 0 Å². The second-order valence-electron chi connectivity index (χ2n) is 3.00. The molecule has 0 saturated heterocycles. The number of carbonyl (C=O) groups is 1. The van der Waals surface area contributed by atoms with Crippen LogP contribution in [0.25, 0.3) is 5.65 Å². The molecular formula is C9H9ClN4O. The van der Waals surface area contributed by atoms with Gasteiger partial charge in [0.05, 0.1) is 12.7 Å². The highest BCUT2D eigenvalue weighted by Gasteiger charge is 2.13. The molecule has 1 N–H and O–H groups in total. The largest absolute Gasteiger partial charge is 0.313 e. The average Bonchev–Trinajstić information content (AvgIpc) is 2.61. The van der Waals surface area contributed by atoms with Crippen LogP contribution in [-0.4, -0.2) is 33.7 Å². The molecule has 0 amide bonds. The number of ketones is 1. The van der Waals surface area contributed by atoms with Crippen molar-refractivity contribution in [1.82, 2.24) is 19.7 Å². The lowest BCUT2D eigenvalue weighted by atomic mass is 10.3. The van der Waals surface area contributed by atoms with E-state index in [1.165, 1.54) is 12.4 Å². The summed E-state index contributed by atoms with van der Waals surface area (Å²) in [6.45, 7) is 0.233. The Morgan fingerprint density at radius 3 is 3.13 bits per heavy atom. The molecule has 2 aromatic heterocycles. The molecule has 15 heavy (non-hydrogen) atoms. The molecule has 0 aliphatic carbocycles. The van der Waals surface area contributed by atoms with E-state index < -0.39 is 0 Å². The van der Waals surface area contributed by atoms with Gasteiger partial charge in [0.15, 0.2) is 17.1 Å². The quantitative estimate of drug-likeness (QED) is 0.783. The molecule has 0 fully saturated rings. The van der Waals surface area contributed by atoms with Gasteiger partial charge < -0.3 is 5.32 Å². The summed E-state index contributed by atoms with van der Waals surface area (Å²) >= 11 is 5.87. The minimum absolute atomic E-state index is 0.106. The summed E-state index contributed by atoms with van der Waals surface area (Å²) in [5.41, 5.74) is 0.821. The van der Waals surface area contributed by atoms with Crippen LogP contribution in [0.1, 0.15) is 10.5 Å². The number of nitrogens with one attached hydrogen (secondary N) is 1. The van der Waals surface area contributed by atoms with Crippen molar-refractivity contribution in [3.63, 3.8) is 0 Å². The van der Waals surface area contributed by atoms with Crippen LogP contribution in [-0.2, 0) is 0 Å². The van der Waals surface area contributed by atoms with E-state index in [1.807, 2.05) is 0 Å². The fourth-order valence-electron chi connectivity index (χ4n) is 1.33. The number of halogens is 1. The molecule has 5 nitrogen and oxygen atoms in total. The number of likely N-dealkylation sites (N-methyl/N-ethyl adjacent to an activating group) is 1. The van der Waals surface area contributed by atoms with E-state index in [0.717, 1.165) is 0 Å². The van der Waals surface area contributed by atoms with Gasteiger partial charge in [-0.25, -0.2) is 9.97 Å². The van der Waals surface area contributed by atoms with E-state index in [-0.39, 0.29) is 12.3 Å². The van der Waals surface area contributed by atoms with Crippen LogP contribution in [0.2, 0.25) is 5.15 Å². The van der Waals surface area contributed by atoms with Crippen molar-refractivity contribution >= 4 is 23.0 Å². The normalized spacial score (nSPS) is 10.8. The van der Waals surface area contributed by atoms with Crippen LogP contribution in [0, 0.1) is 0 Å². The fraction of sp³-hybridized carbons (Fsp3) is 0.222. The van der Waals surface area contributed by atoms with Crippen LogP contribution >= 0.6 is 11.6 Å². The van der Waals surface area contributed by atoms with Crippen molar-refractivity contribution in [2.75, 3.05) is 13.6 Å².